The maximum atomic E-state index is 5.99. The van der Waals surface area contributed by atoms with Crippen molar-refractivity contribution in [1.82, 2.24) is 5.32 Å². The number of nitrogens with one attached hydrogen (secondary N) is 1. The van der Waals surface area contributed by atoms with Crippen molar-refractivity contribution in [3.05, 3.63) is 35.4 Å². The summed E-state index contributed by atoms with van der Waals surface area (Å²) in [4.78, 5) is 0. The Morgan fingerprint density at radius 1 is 1.30 bits per heavy atom. The van der Waals surface area contributed by atoms with E-state index < -0.39 is 0 Å². The summed E-state index contributed by atoms with van der Waals surface area (Å²) in [6.45, 7) is 9.62. The second-order valence-electron chi connectivity index (χ2n) is 6.07. The first kappa shape index (κ1) is 15.5. The smallest absolute Gasteiger partial charge is 0.0719 e. The zero-order chi connectivity index (χ0) is 14.4. The molecule has 20 heavy (non-hydrogen) atoms. The molecule has 1 aromatic rings. The molecular weight excluding hydrogens is 250 g/mol. The van der Waals surface area contributed by atoms with Crippen LogP contribution in [-0.2, 0) is 22.6 Å². The van der Waals surface area contributed by atoms with Gasteiger partial charge in [0.15, 0.2) is 0 Å². The Morgan fingerprint density at radius 2 is 2.05 bits per heavy atom. The molecule has 1 unspecified atom stereocenters. The molecule has 0 aliphatic carbocycles. The second kappa shape index (κ2) is 7.21. The van der Waals surface area contributed by atoms with E-state index in [1.165, 1.54) is 11.1 Å². The summed E-state index contributed by atoms with van der Waals surface area (Å²) in [7, 11) is 0. The molecule has 0 amide bonds. The van der Waals surface area contributed by atoms with Crippen LogP contribution < -0.4 is 5.32 Å². The van der Waals surface area contributed by atoms with Gasteiger partial charge in [-0.25, -0.2) is 0 Å². The van der Waals surface area contributed by atoms with Crippen LogP contribution in [0.2, 0.25) is 0 Å². The number of hydrogen-bond acceptors (Lipinski definition) is 3. The zero-order valence-corrected chi connectivity index (χ0v) is 12.9. The standard InChI is InChI=1S/C17H27NO2/c1-4-19-13-15-8-6-5-7-14(15)11-18-12-16-9-10-17(2,3)20-16/h5-8,16,18H,4,9-13H2,1-3H3. The molecule has 0 bridgehead atoms. The van der Waals surface area contributed by atoms with Gasteiger partial charge < -0.3 is 14.8 Å². The van der Waals surface area contributed by atoms with Crippen molar-refractivity contribution in [2.45, 2.75) is 58.5 Å². The molecule has 3 nitrogen and oxygen atoms in total. The van der Waals surface area contributed by atoms with Gasteiger partial charge in [0.2, 0.25) is 0 Å². The molecule has 3 heteroatoms. The molecule has 1 heterocycles. The molecule has 0 spiro atoms. The highest BCUT2D eigenvalue weighted by Crippen LogP contribution is 2.28. The first-order valence-electron chi connectivity index (χ1n) is 7.64. The van der Waals surface area contributed by atoms with E-state index in [4.69, 9.17) is 9.47 Å². The van der Waals surface area contributed by atoms with Gasteiger partial charge in [-0.1, -0.05) is 24.3 Å². The van der Waals surface area contributed by atoms with Gasteiger partial charge in [-0.05, 0) is 44.7 Å². The Bertz CT molecular complexity index is 417. The summed E-state index contributed by atoms with van der Waals surface area (Å²) < 4.78 is 11.5. The van der Waals surface area contributed by atoms with Crippen molar-refractivity contribution in [3.63, 3.8) is 0 Å². The van der Waals surface area contributed by atoms with Gasteiger partial charge in [0, 0.05) is 19.7 Å². The Labute approximate surface area is 122 Å². The summed E-state index contributed by atoms with van der Waals surface area (Å²) >= 11 is 0. The minimum absolute atomic E-state index is 0.0548. The first-order chi connectivity index (χ1) is 9.61. The Balaban J connectivity index is 1.79. The summed E-state index contributed by atoms with van der Waals surface area (Å²) in [6, 6.07) is 8.46. The molecule has 1 saturated heterocycles. The van der Waals surface area contributed by atoms with Gasteiger partial charge >= 0.3 is 0 Å². The Morgan fingerprint density at radius 3 is 2.70 bits per heavy atom. The van der Waals surface area contributed by atoms with Crippen molar-refractivity contribution >= 4 is 0 Å². The van der Waals surface area contributed by atoms with E-state index in [1.807, 2.05) is 6.92 Å². The van der Waals surface area contributed by atoms with Crippen molar-refractivity contribution in [1.29, 1.82) is 0 Å². The lowest BCUT2D eigenvalue weighted by Gasteiger charge is -2.19. The Hall–Kier alpha value is -0.900. The average Bonchev–Trinajstić information content (AvgIpc) is 2.77. The molecule has 1 atom stereocenters. The van der Waals surface area contributed by atoms with Gasteiger partial charge in [0.25, 0.3) is 0 Å². The maximum absolute atomic E-state index is 5.99. The van der Waals surface area contributed by atoms with E-state index in [9.17, 15) is 0 Å². The quantitative estimate of drug-likeness (QED) is 0.829. The largest absolute Gasteiger partial charge is 0.377 e. The third-order valence-corrected chi connectivity index (χ3v) is 3.82. The molecule has 0 radical (unpaired) electrons. The van der Waals surface area contributed by atoms with Gasteiger partial charge in [0.05, 0.1) is 18.3 Å². The van der Waals surface area contributed by atoms with Gasteiger partial charge in [-0.2, -0.15) is 0 Å². The third kappa shape index (κ3) is 4.58. The highest BCUT2D eigenvalue weighted by molar-refractivity contribution is 5.26. The molecule has 0 aromatic heterocycles. The first-order valence-corrected chi connectivity index (χ1v) is 7.64. The minimum Gasteiger partial charge on any atom is -0.377 e. The molecular formula is C17H27NO2. The van der Waals surface area contributed by atoms with E-state index in [2.05, 4.69) is 43.4 Å². The van der Waals surface area contributed by atoms with Crippen molar-refractivity contribution < 1.29 is 9.47 Å². The van der Waals surface area contributed by atoms with E-state index in [0.717, 1.165) is 32.5 Å². The summed E-state index contributed by atoms with van der Waals surface area (Å²) in [5, 5.41) is 3.52. The van der Waals surface area contributed by atoms with Crippen LogP contribution in [0.1, 0.15) is 44.7 Å². The average molecular weight is 277 g/mol. The van der Waals surface area contributed by atoms with E-state index in [-0.39, 0.29) is 5.60 Å². The fraction of sp³-hybridized carbons (Fsp3) is 0.647. The van der Waals surface area contributed by atoms with Crippen LogP contribution in [0.3, 0.4) is 0 Å². The van der Waals surface area contributed by atoms with Crippen LogP contribution in [0.4, 0.5) is 0 Å². The highest BCUT2D eigenvalue weighted by Gasteiger charge is 2.31. The highest BCUT2D eigenvalue weighted by atomic mass is 16.5. The number of rotatable bonds is 7. The van der Waals surface area contributed by atoms with Crippen molar-refractivity contribution in [2.75, 3.05) is 13.2 Å². The molecule has 112 valence electrons. The van der Waals surface area contributed by atoms with E-state index >= 15 is 0 Å². The predicted octanol–water partition coefficient (Wildman–Crippen LogP) is 3.27. The van der Waals surface area contributed by atoms with Crippen molar-refractivity contribution in [3.8, 4) is 0 Å². The monoisotopic (exact) mass is 277 g/mol. The molecule has 2 rings (SSSR count). The SMILES string of the molecule is CCOCc1ccccc1CNCC1CCC(C)(C)O1. The van der Waals surface area contributed by atoms with Crippen molar-refractivity contribution in [2.24, 2.45) is 0 Å². The fourth-order valence-corrected chi connectivity index (χ4v) is 2.67. The number of benzene rings is 1. The second-order valence-corrected chi connectivity index (χ2v) is 6.07. The van der Waals surface area contributed by atoms with Gasteiger partial charge in [0.1, 0.15) is 0 Å². The van der Waals surface area contributed by atoms with Gasteiger partial charge in [-0.3, -0.25) is 0 Å². The topological polar surface area (TPSA) is 30.5 Å². The van der Waals surface area contributed by atoms with Crippen LogP contribution in [0.5, 0.6) is 0 Å². The lowest BCUT2D eigenvalue weighted by Crippen LogP contribution is -2.29. The van der Waals surface area contributed by atoms with E-state index in [0.29, 0.717) is 12.7 Å². The molecule has 1 aliphatic heterocycles. The minimum atomic E-state index is 0.0548. The molecule has 0 saturated carbocycles. The fourth-order valence-electron chi connectivity index (χ4n) is 2.67. The number of hydrogen-bond donors (Lipinski definition) is 1. The third-order valence-electron chi connectivity index (χ3n) is 3.82. The Kier molecular flexibility index (Phi) is 5.58. The lowest BCUT2D eigenvalue weighted by atomic mass is 10.1. The van der Waals surface area contributed by atoms with E-state index in [1.54, 1.807) is 0 Å². The molecule has 1 fully saturated rings. The summed E-state index contributed by atoms with van der Waals surface area (Å²) in [6.07, 6.45) is 2.66. The summed E-state index contributed by atoms with van der Waals surface area (Å²) in [5.74, 6) is 0. The molecule has 1 aliphatic rings. The maximum Gasteiger partial charge on any atom is 0.0719 e. The van der Waals surface area contributed by atoms with Crippen LogP contribution >= 0.6 is 0 Å². The molecule has 1 N–H and O–H groups in total. The molecule has 1 aromatic carbocycles. The zero-order valence-electron chi connectivity index (χ0n) is 12.9. The predicted molar refractivity (Wildman–Crippen MR) is 81.7 cm³/mol. The number of ether oxygens (including phenoxy) is 2. The van der Waals surface area contributed by atoms with Crippen LogP contribution in [0.25, 0.3) is 0 Å². The lowest BCUT2D eigenvalue weighted by molar-refractivity contribution is -0.0143. The van der Waals surface area contributed by atoms with Crippen LogP contribution in [0.15, 0.2) is 24.3 Å². The van der Waals surface area contributed by atoms with Crippen LogP contribution in [0, 0.1) is 0 Å². The van der Waals surface area contributed by atoms with Crippen LogP contribution in [-0.4, -0.2) is 24.9 Å². The van der Waals surface area contributed by atoms with Gasteiger partial charge in [-0.15, -0.1) is 0 Å². The normalized spacial score (nSPS) is 21.2. The summed E-state index contributed by atoms with van der Waals surface area (Å²) in [5.41, 5.74) is 2.65.